The van der Waals surface area contributed by atoms with E-state index in [9.17, 15) is 13.2 Å². The first kappa shape index (κ1) is 15.0. The van der Waals surface area contributed by atoms with E-state index in [4.69, 9.17) is 0 Å². The summed E-state index contributed by atoms with van der Waals surface area (Å²) in [6, 6.07) is 7.40. The highest BCUT2D eigenvalue weighted by molar-refractivity contribution is 7.88. The molecule has 1 aliphatic rings. The number of sulfonamides is 1. The maximum absolute atomic E-state index is 12.1. The van der Waals surface area contributed by atoms with Gasteiger partial charge in [0.2, 0.25) is 10.0 Å². The number of hydrogen-bond acceptors (Lipinski definition) is 3. The smallest absolute Gasteiger partial charge is 0.253 e. The third-order valence-corrected chi connectivity index (χ3v) is 4.10. The number of nitrogens with zero attached hydrogens (tertiary/aromatic N) is 1. The van der Waals surface area contributed by atoms with Crippen LogP contribution in [-0.2, 0) is 16.4 Å². The van der Waals surface area contributed by atoms with Crippen molar-refractivity contribution in [3.05, 3.63) is 35.4 Å². The second kappa shape index (κ2) is 6.37. The van der Waals surface area contributed by atoms with Crippen molar-refractivity contribution in [1.82, 2.24) is 9.62 Å². The van der Waals surface area contributed by atoms with E-state index < -0.39 is 10.0 Å². The zero-order valence-electron chi connectivity index (χ0n) is 11.6. The third-order valence-electron chi connectivity index (χ3n) is 3.37. The van der Waals surface area contributed by atoms with Crippen LogP contribution in [0.3, 0.4) is 0 Å². The number of carbonyl (C=O) groups is 1. The zero-order chi connectivity index (χ0) is 14.6. The Hall–Kier alpha value is -1.40. The van der Waals surface area contributed by atoms with Gasteiger partial charge in [-0.05, 0) is 37.0 Å². The Kier molecular flexibility index (Phi) is 4.77. The fourth-order valence-corrected chi connectivity index (χ4v) is 2.77. The van der Waals surface area contributed by atoms with Crippen LogP contribution in [-0.4, -0.2) is 45.1 Å². The van der Waals surface area contributed by atoms with E-state index in [1.54, 1.807) is 0 Å². The minimum Gasteiger partial charge on any atom is -0.339 e. The Balaban J connectivity index is 1.90. The first-order valence-corrected chi connectivity index (χ1v) is 8.68. The van der Waals surface area contributed by atoms with Gasteiger partial charge in [-0.2, -0.15) is 0 Å². The fraction of sp³-hybridized carbons (Fsp3) is 0.500. The van der Waals surface area contributed by atoms with Crippen molar-refractivity contribution < 1.29 is 13.2 Å². The van der Waals surface area contributed by atoms with E-state index in [-0.39, 0.29) is 5.91 Å². The largest absolute Gasteiger partial charge is 0.339 e. The number of carbonyl (C=O) groups excluding carboxylic acids is 1. The monoisotopic (exact) mass is 296 g/mol. The van der Waals surface area contributed by atoms with Crippen LogP contribution < -0.4 is 4.72 Å². The van der Waals surface area contributed by atoms with Crippen molar-refractivity contribution in [3.63, 3.8) is 0 Å². The SMILES string of the molecule is CS(=O)(=O)NCCc1ccc(C(=O)N2CCCC2)cc1. The molecule has 0 radical (unpaired) electrons. The molecule has 1 aromatic carbocycles. The minimum absolute atomic E-state index is 0.0864. The quantitative estimate of drug-likeness (QED) is 0.882. The van der Waals surface area contributed by atoms with Crippen molar-refractivity contribution in [2.24, 2.45) is 0 Å². The number of rotatable bonds is 5. The molecule has 0 spiro atoms. The average Bonchev–Trinajstić information content (AvgIpc) is 2.91. The van der Waals surface area contributed by atoms with Gasteiger partial charge in [-0.1, -0.05) is 12.1 Å². The molecule has 0 aromatic heterocycles. The van der Waals surface area contributed by atoms with Crippen LogP contribution in [0, 0.1) is 0 Å². The van der Waals surface area contributed by atoms with E-state index in [2.05, 4.69) is 4.72 Å². The highest BCUT2D eigenvalue weighted by Crippen LogP contribution is 2.13. The molecule has 20 heavy (non-hydrogen) atoms. The molecule has 110 valence electrons. The Labute approximate surface area is 120 Å². The van der Waals surface area contributed by atoms with Crippen molar-refractivity contribution in [3.8, 4) is 0 Å². The van der Waals surface area contributed by atoms with E-state index in [1.165, 1.54) is 0 Å². The van der Waals surface area contributed by atoms with Gasteiger partial charge in [-0.3, -0.25) is 4.79 Å². The van der Waals surface area contributed by atoms with Crippen molar-refractivity contribution in [1.29, 1.82) is 0 Å². The highest BCUT2D eigenvalue weighted by atomic mass is 32.2. The summed E-state index contributed by atoms with van der Waals surface area (Å²) < 4.78 is 24.4. The van der Waals surface area contributed by atoms with E-state index in [0.29, 0.717) is 18.5 Å². The predicted octanol–water partition coefficient (Wildman–Crippen LogP) is 1.01. The van der Waals surface area contributed by atoms with E-state index in [0.717, 1.165) is 37.8 Å². The van der Waals surface area contributed by atoms with Gasteiger partial charge in [0.1, 0.15) is 0 Å². The van der Waals surface area contributed by atoms with Crippen LogP contribution in [0.1, 0.15) is 28.8 Å². The maximum atomic E-state index is 12.1. The fourth-order valence-electron chi connectivity index (χ4n) is 2.30. The molecule has 1 heterocycles. The molecular weight excluding hydrogens is 276 g/mol. The lowest BCUT2D eigenvalue weighted by atomic mass is 10.1. The zero-order valence-corrected chi connectivity index (χ0v) is 12.4. The van der Waals surface area contributed by atoms with Gasteiger partial charge < -0.3 is 4.90 Å². The van der Waals surface area contributed by atoms with Gasteiger partial charge in [-0.25, -0.2) is 13.1 Å². The van der Waals surface area contributed by atoms with Crippen LogP contribution >= 0.6 is 0 Å². The summed E-state index contributed by atoms with van der Waals surface area (Å²) >= 11 is 0. The Bertz CT molecular complexity index is 561. The standard InChI is InChI=1S/C14H20N2O3S/c1-20(18,19)15-9-8-12-4-6-13(7-5-12)14(17)16-10-2-3-11-16/h4-7,15H,2-3,8-11H2,1H3. The van der Waals surface area contributed by atoms with Gasteiger partial charge in [0, 0.05) is 25.2 Å². The molecule has 0 bridgehead atoms. The Morgan fingerprint density at radius 2 is 1.80 bits per heavy atom. The van der Waals surface area contributed by atoms with E-state index in [1.807, 2.05) is 29.2 Å². The molecule has 0 saturated carbocycles. The molecule has 1 fully saturated rings. The molecule has 1 amide bonds. The molecule has 1 aliphatic heterocycles. The average molecular weight is 296 g/mol. The van der Waals surface area contributed by atoms with Gasteiger partial charge >= 0.3 is 0 Å². The summed E-state index contributed by atoms with van der Waals surface area (Å²) in [6.45, 7) is 2.07. The summed E-state index contributed by atoms with van der Waals surface area (Å²) in [5, 5.41) is 0. The van der Waals surface area contributed by atoms with Crippen molar-refractivity contribution in [2.75, 3.05) is 25.9 Å². The summed E-state index contributed by atoms with van der Waals surface area (Å²) in [4.78, 5) is 14.0. The minimum atomic E-state index is -3.14. The van der Waals surface area contributed by atoms with Crippen LogP contribution in [0.2, 0.25) is 0 Å². The number of benzene rings is 1. The topological polar surface area (TPSA) is 66.5 Å². The second-order valence-corrected chi connectivity index (χ2v) is 6.95. The van der Waals surface area contributed by atoms with Gasteiger partial charge in [0.15, 0.2) is 0 Å². The van der Waals surface area contributed by atoms with Crippen LogP contribution in [0.25, 0.3) is 0 Å². The number of nitrogens with one attached hydrogen (secondary N) is 1. The van der Waals surface area contributed by atoms with Gasteiger partial charge in [-0.15, -0.1) is 0 Å². The maximum Gasteiger partial charge on any atom is 0.253 e. The van der Waals surface area contributed by atoms with E-state index >= 15 is 0 Å². The highest BCUT2D eigenvalue weighted by Gasteiger charge is 2.18. The lowest BCUT2D eigenvalue weighted by Crippen LogP contribution is -2.27. The van der Waals surface area contributed by atoms with Crippen molar-refractivity contribution in [2.45, 2.75) is 19.3 Å². The lowest BCUT2D eigenvalue weighted by molar-refractivity contribution is 0.0793. The molecule has 0 atom stereocenters. The molecule has 5 nitrogen and oxygen atoms in total. The summed E-state index contributed by atoms with van der Waals surface area (Å²) in [6.07, 6.45) is 3.93. The second-order valence-electron chi connectivity index (χ2n) is 5.11. The molecule has 1 N–H and O–H groups in total. The van der Waals surface area contributed by atoms with Crippen LogP contribution in [0.4, 0.5) is 0 Å². The molecule has 2 rings (SSSR count). The number of hydrogen-bond donors (Lipinski definition) is 1. The van der Waals surface area contributed by atoms with Crippen LogP contribution in [0.15, 0.2) is 24.3 Å². The van der Waals surface area contributed by atoms with Crippen molar-refractivity contribution >= 4 is 15.9 Å². The molecule has 1 saturated heterocycles. The number of likely N-dealkylation sites (tertiary alicyclic amines) is 1. The number of amides is 1. The van der Waals surface area contributed by atoms with Gasteiger partial charge in [0.05, 0.1) is 6.26 Å². The third kappa shape index (κ3) is 4.31. The molecule has 0 unspecified atom stereocenters. The molecule has 0 aliphatic carbocycles. The molecule has 6 heteroatoms. The summed E-state index contributed by atoms with van der Waals surface area (Å²) in [7, 11) is -3.14. The molecular formula is C14H20N2O3S. The lowest BCUT2D eigenvalue weighted by Gasteiger charge is -2.15. The first-order chi connectivity index (χ1) is 9.46. The predicted molar refractivity (Wildman–Crippen MR) is 78.1 cm³/mol. The molecule has 1 aromatic rings. The summed E-state index contributed by atoms with van der Waals surface area (Å²) in [5.74, 6) is 0.0864. The summed E-state index contributed by atoms with van der Waals surface area (Å²) in [5.41, 5.74) is 1.71. The van der Waals surface area contributed by atoms with Crippen LogP contribution in [0.5, 0.6) is 0 Å². The Morgan fingerprint density at radius 3 is 2.35 bits per heavy atom. The first-order valence-electron chi connectivity index (χ1n) is 6.78. The van der Waals surface area contributed by atoms with Gasteiger partial charge in [0.25, 0.3) is 5.91 Å². The Morgan fingerprint density at radius 1 is 1.20 bits per heavy atom. The normalized spacial score (nSPS) is 15.6.